The van der Waals surface area contributed by atoms with Gasteiger partial charge >= 0.3 is 0 Å². The number of thiophene rings is 1. The van der Waals surface area contributed by atoms with Crippen LogP contribution in [0, 0.1) is 0 Å². The van der Waals surface area contributed by atoms with Gasteiger partial charge in [-0.2, -0.15) is 0 Å². The third kappa shape index (κ3) is 1.94. The average Bonchev–Trinajstić information content (AvgIpc) is 2.94. The highest BCUT2D eigenvalue weighted by Crippen LogP contribution is 2.30. The number of rotatable bonds is 3. The van der Waals surface area contributed by atoms with Crippen LogP contribution in [0.4, 0.5) is 0 Å². The standard InChI is InChI=1S/C16H15NS/c1-17-16(15-10-5-11-18-15)14-9-4-7-12-6-2-3-8-13(12)14/h2-11,16-17H,1H3. The summed E-state index contributed by atoms with van der Waals surface area (Å²) in [6, 6.07) is 19.6. The van der Waals surface area contributed by atoms with Gasteiger partial charge in [0.15, 0.2) is 0 Å². The molecule has 0 aliphatic carbocycles. The number of hydrogen-bond donors (Lipinski definition) is 1. The van der Waals surface area contributed by atoms with Crippen LogP contribution in [-0.2, 0) is 0 Å². The zero-order valence-electron chi connectivity index (χ0n) is 10.3. The van der Waals surface area contributed by atoms with Gasteiger partial charge in [0.25, 0.3) is 0 Å². The van der Waals surface area contributed by atoms with Crippen LogP contribution >= 0.6 is 11.3 Å². The molecule has 1 aromatic heterocycles. The van der Waals surface area contributed by atoms with Crippen molar-refractivity contribution >= 4 is 22.1 Å². The lowest BCUT2D eigenvalue weighted by Crippen LogP contribution is -2.16. The van der Waals surface area contributed by atoms with E-state index in [1.54, 1.807) is 11.3 Å². The van der Waals surface area contributed by atoms with Crippen LogP contribution in [0.25, 0.3) is 10.8 Å². The summed E-state index contributed by atoms with van der Waals surface area (Å²) in [6.45, 7) is 0. The molecule has 3 rings (SSSR count). The fourth-order valence-electron chi connectivity index (χ4n) is 2.41. The Morgan fingerprint density at radius 3 is 2.56 bits per heavy atom. The molecule has 1 atom stereocenters. The molecule has 0 fully saturated rings. The van der Waals surface area contributed by atoms with Gasteiger partial charge in [0.05, 0.1) is 6.04 Å². The van der Waals surface area contributed by atoms with Crippen molar-refractivity contribution in [3.05, 3.63) is 70.4 Å². The monoisotopic (exact) mass is 253 g/mol. The maximum absolute atomic E-state index is 3.42. The lowest BCUT2D eigenvalue weighted by atomic mass is 9.98. The highest BCUT2D eigenvalue weighted by atomic mass is 32.1. The zero-order chi connectivity index (χ0) is 12.4. The maximum atomic E-state index is 3.42. The lowest BCUT2D eigenvalue weighted by molar-refractivity contribution is 0.709. The Hall–Kier alpha value is -1.64. The van der Waals surface area contributed by atoms with Crippen LogP contribution in [0.15, 0.2) is 60.0 Å². The molecule has 90 valence electrons. The molecule has 0 saturated carbocycles. The summed E-state index contributed by atoms with van der Waals surface area (Å²) in [6.07, 6.45) is 0. The molecule has 0 spiro atoms. The van der Waals surface area contributed by atoms with Gasteiger partial charge in [-0.25, -0.2) is 0 Å². The van der Waals surface area contributed by atoms with E-state index >= 15 is 0 Å². The van der Waals surface area contributed by atoms with Crippen LogP contribution in [0.3, 0.4) is 0 Å². The van der Waals surface area contributed by atoms with Gasteiger partial charge in [0.1, 0.15) is 0 Å². The van der Waals surface area contributed by atoms with E-state index < -0.39 is 0 Å². The van der Waals surface area contributed by atoms with E-state index in [2.05, 4.69) is 65.3 Å². The first-order chi connectivity index (χ1) is 8.90. The van der Waals surface area contributed by atoms with Crippen LogP contribution in [0.5, 0.6) is 0 Å². The third-order valence-corrected chi connectivity index (χ3v) is 4.19. The Balaban J connectivity index is 2.18. The van der Waals surface area contributed by atoms with E-state index in [-0.39, 0.29) is 6.04 Å². The van der Waals surface area contributed by atoms with E-state index in [1.165, 1.54) is 21.2 Å². The molecule has 2 heteroatoms. The second-order valence-corrected chi connectivity index (χ2v) is 5.28. The van der Waals surface area contributed by atoms with E-state index in [0.29, 0.717) is 0 Å². The molecule has 1 unspecified atom stereocenters. The largest absolute Gasteiger partial charge is 0.309 e. The summed E-state index contributed by atoms with van der Waals surface area (Å²) in [5.41, 5.74) is 1.35. The molecule has 0 aliphatic rings. The van der Waals surface area contributed by atoms with Crippen molar-refractivity contribution in [1.29, 1.82) is 0 Å². The minimum absolute atomic E-state index is 0.274. The molecule has 0 saturated heterocycles. The first-order valence-electron chi connectivity index (χ1n) is 6.08. The Morgan fingerprint density at radius 1 is 0.944 bits per heavy atom. The summed E-state index contributed by atoms with van der Waals surface area (Å²) in [7, 11) is 2.02. The molecule has 0 bridgehead atoms. The smallest absolute Gasteiger partial charge is 0.0674 e. The Kier molecular flexibility index (Phi) is 3.13. The van der Waals surface area contributed by atoms with Crippen molar-refractivity contribution in [2.24, 2.45) is 0 Å². The maximum Gasteiger partial charge on any atom is 0.0674 e. The number of fused-ring (bicyclic) bond motifs is 1. The second kappa shape index (κ2) is 4.92. The molecule has 2 aromatic carbocycles. The Morgan fingerprint density at radius 2 is 1.78 bits per heavy atom. The molecular formula is C16H15NS. The SMILES string of the molecule is CNC(c1cccs1)c1cccc2ccccc12. The summed E-state index contributed by atoms with van der Waals surface area (Å²) < 4.78 is 0. The first kappa shape index (κ1) is 11.5. The summed E-state index contributed by atoms with van der Waals surface area (Å²) in [4.78, 5) is 1.36. The number of hydrogen-bond acceptors (Lipinski definition) is 2. The fraction of sp³-hybridized carbons (Fsp3) is 0.125. The lowest BCUT2D eigenvalue weighted by Gasteiger charge is -2.17. The van der Waals surface area contributed by atoms with E-state index in [9.17, 15) is 0 Å². The molecule has 1 N–H and O–H groups in total. The van der Waals surface area contributed by atoms with E-state index in [0.717, 1.165) is 0 Å². The minimum Gasteiger partial charge on any atom is -0.309 e. The number of nitrogens with one attached hydrogen (secondary N) is 1. The van der Waals surface area contributed by atoms with Gasteiger partial charge in [0, 0.05) is 4.88 Å². The van der Waals surface area contributed by atoms with E-state index in [4.69, 9.17) is 0 Å². The molecule has 1 nitrogen and oxygen atoms in total. The van der Waals surface area contributed by atoms with Crippen LogP contribution in [0.2, 0.25) is 0 Å². The summed E-state index contributed by atoms with van der Waals surface area (Å²) >= 11 is 1.80. The van der Waals surface area contributed by atoms with Crippen LogP contribution in [-0.4, -0.2) is 7.05 Å². The van der Waals surface area contributed by atoms with Gasteiger partial charge in [-0.15, -0.1) is 11.3 Å². The van der Waals surface area contributed by atoms with Crippen LogP contribution < -0.4 is 5.32 Å². The highest BCUT2D eigenvalue weighted by molar-refractivity contribution is 7.10. The molecule has 18 heavy (non-hydrogen) atoms. The normalized spacial score (nSPS) is 12.7. The van der Waals surface area contributed by atoms with E-state index in [1.807, 2.05) is 7.05 Å². The van der Waals surface area contributed by atoms with Gasteiger partial charge in [0.2, 0.25) is 0 Å². The van der Waals surface area contributed by atoms with Crippen molar-refractivity contribution in [2.75, 3.05) is 7.05 Å². The zero-order valence-corrected chi connectivity index (χ0v) is 11.1. The predicted octanol–water partition coefficient (Wildman–Crippen LogP) is 4.21. The summed E-state index contributed by atoms with van der Waals surface area (Å²) in [5.74, 6) is 0. The molecule has 1 heterocycles. The average molecular weight is 253 g/mol. The third-order valence-electron chi connectivity index (χ3n) is 3.25. The van der Waals surface area contributed by atoms with Gasteiger partial charge in [-0.3, -0.25) is 0 Å². The Bertz CT molecular complexity index is 638. The molecular weight excluding hydrogens is 238 g/mol. The van der Waals surface area contributed by atoms with Gasteiger partial charge in [-0.1, -0.05) is 48.5 Å². The Labute approximate surface area is 111 Å². The quantitative estimate of drug-likeness (QED) is 0.737. The van der Waals surface area contributed by atoms with Crippen molar-refractivity contribution in [3.63, 3.8) is 0 Å². The topological polar surface area (TPSA) is 12.0 Å². The van der Waals surface area contributed by atoms with Crippen molar-refractivity contribution in [3.8, 4) is 0 Å². The van der Waals surface area contributed by atoms with Crippen molar-refractivity contribution in [1.82, 2.24) is 5.32 Å². The summed E-state index contributed by atoms with van der Waals surface area (Å²) in [5, 5.41) is 8.18. The van der Waals surface area contributed by atoms with Gasteiger partial charge in [-0.05, 0) is 34.8 Å². The van der Waals surface area contributed by atoms with Crippen molar-refractivity contribution in [2.45, 2.75) is 6.04 Å². The minimum atomic E-state index is 0.274. The molecule has 0 aliphatic heterocycles. The first-order valence-corrected chi connectivity index (χ1v) is 6.96. The number of benzene rings is 2. The fourth-order valence-corrected chi connectivity index (χ4v) is 3.26. The molecule has 0 radical (unpaired) electrons. The second-order valence-electron chi connectivity index (χ2n) is 4.31. The molecule has 3 aromatic rings. The van der Waals surface area contributed by atoms with Crippen molar-refractivity contribution < 1.29 is 0 Å². The molecule has 0 amide bonds. The highest BCUT2D eigenvalue weighted by Gasteiger charge is 2.14. The predicted molar refractivity (Wildman–Crippen MR) is 79.2 cm³/mol. The van der Waals surface area contributed by atoms with Gasteiger partial charge < -0.3 is 5.32 Å². The van der Waals surface area contributed by atoms with Crippen LogP contribution in [0.1, 0.15) is 16.5 Å².